The summed E-state index contributed by atoms with van der Waals surface area (Å²) < 4.78 is 10.7. The van der Waals surface area contributed by atoms with Gasteiger partial charge in [-0.3, -0.25) is 4.68 Å². The molecule has 4 aromatic carbocycles. The van der Waals surface area contributed by atoms with E-state index >= 15 is 0 Å². The molecule has 0 aliphatic carbocycles. The average Bonchev–Trinajstić information content (AvgIpc) is 3.59. The van der Waals surface area contributed by atoms with Crippen LogP contribution in [0.25, 0.3) is 44.4 Å². The van der Waals surface area contributed by atoms with E-state index in [4.69, 9.17) is 14.8 Å². The third-order valence-electron chi connectivity index (χ3n) is 9.23. The van der Waals surface area contributed by atoms with Gasteiger partial charge in [-0.15, -0.1) is 35.7 Å². The van der Waals surface area contributed by atoms with E-state index in [1.54, 1.807) is 0 Å². The third-order valence-corrected chi connectivity index (χ3v) is 9.23. The summed E-state index contributed by atoms with van der Waals surface area (Å²) in [5.41, 5.74) is 14.1. The second kappa shape index (κ2) is 13.0. The third kappa shape index (κ3) is 5.61. The van der Waals surface area contributed by atoms with E-state index in [0.717, 1.165) is 57.4 Å². The first-order chi connectivity index (χ1) is 22.3. The first-order valence-corrected chi connectivity index (χ1v) is 16.1. The molecule has 3 heterocycles. The SMILES string of the molecule is CCc1nn(-c2[c-]c(Oc3[c-]c4c(cc3)c3ccccc3n4-c3cc(C)ccn3)ccc2)c(CC)c1-c1c(C)c(C)cc(C)c1C.[Pt+2]. The number of aromatic nitrogens is 4. The molecular weight excluding hydrogens is 760 g/mol. The van der Waals surface area contributed by atoms with Crippen LogP contribution in [0.5, 0.6) is 11.5 Å². The molecule has 238 valence electrons. The largest absolute Gasteiger partial charge is 2.00 e. The minimum Gasteiger partial charge on any atom is -0.509 e. The van der Waals surface area contributed by atoms with Crippen LogP contribution in [0.1, 0.15) is 53.1 Å². The Bertz CT molecular complexity index is 2250. The normalized spacial score (nSPS) is 11.3. The van der Waals surface area contributed by atoms with Crippen LogP contribution in [0.15, 0.2) is 79.0 Å². The molecule has 6 heteroatoms. The Balaban J connectivity index is 0.00000386. The Morgan fingerprint density at radius 1 is 0.723 bits per heavy atom. The first kappa shape index (κ1) is 32.5. The van der Waals surface area contributed by atoms with Crippen LogP contribution in [0.2, 0.25) is 0 Å². The number of pyridine rings is 1. The summed E-state index contributed by atoms with van der Waals surface area (Å²) in [6.45, 7) is 15.3. The Morgan fingerprint density at radius 2 is 1.47 bits per heavy atom. The quantitative estimate of drug-likeness (QED) is 0.151. The minimum absolute atomic E-state index is 0. The molecule has 0 unspecified atom stereocenters. The molecule has 0 radical (unpaired) electrons. The second-order valence-corrected chi connectivity index (χ2v) is 12.2. The number of benzene rings is 4. The topological polar surface area (TPSA) is 44.9 Å². The molecule has 47 heavy (non-hydrogen) atoms. The van der Waals surface area contributed by atoms with Gasteiger partial charge in [0.15, 0.2) is 0 Å². The molecule has 0 atom stereocenters. The molecule has 0 amide bonds. The van der Waals surface area contributed by atoms with Gasteiger partial charge in [0, 0.05) is 34.5 Å². The van der Waals surface area contributed by atoms with Gasteiger partial charge >= 0.3 is 21.1 Å². The predicted molar refractivity (Wildman–Crippen MR) is 188 cm³/mol. The van der Waals surface area contributed by atoms with Crippen LogP contribution in [-0.4, -0.2) is 19.3 Å². The number of aryl methyl sites for hydroxylation is 4. The average molecular weight is 798 g/mol. The predicted octanol–water partition coefficient (Wildman–Crippen LogP) is 10.1. The zero-order valence-electron chi connectivity index (χ0n) is 27.9. The molecule has 0 fully saturated rings. The molecule has 0 N–H and O–H groups in total. The maximum atomic E-state index is 6.46. The maximum Gasteiger partial charge on any atom is 2.00 e. The molecule has 0 aliphatic heterocycles. The summed E-state index contributed by atoms with van der Waals surface area (Å²) in [4.78, 5) is 4.70. The van der Waals surface area contributed by atoms with Crippen LogP contribution in [0.4, 0.5) is 0 Å². The standard InChI is InChI=1S/C41H38N4O.Pt/c1-8-35-41(40-28(6)26(4)22-27(5)29(40)7)36(9-2)45(43-35)30-13-12-14-31(23-30)46-32-17-18-34-33-15-10-11-16-37(33)44(38(34)24-32)39-21-25(3)19-20-42-39;/h10-22H,8-9H2,1-7H3;/q-2;+2. The van der Waals surface area contributed by atoms with Crippen molar-refractivity contribution in [1.29, 1.82) is 0 Å². The van der Waals surface area contributed by atoms with Gasteiger partial charge in [-0.2, -0.15) is 17.2 Å². The van der Waals surface area contributed by atoms with Gasteiger partial charge in [0.2, 0.25) is 0 Å². The van der Waals surface area contributed by atoms with Crippen molar-refractivity contribution in [3.8, 4) is 34.1 Å². The van der Waals surface area contributed by atoms with E-state index in [9.17, 15) is 0 Å². The maximum absolute atomic E-state index is 6.46. The molecule has 7 aromatic rings. The summed E-state index contributed by atoms with van der Waals surface area (Å²) in [6.07, 6.45) is 3.54. The second-order valence-electron chi connectivity index (χ2n) is 12.2. The van der Waals surface area contributed by atoms with Crippen molar-refractivity contribution < 1.29 is 25.8 Å². The zero-order chi connectivity index (χ0) is 32.1. The molecular formula is C41H38N4OPt. The van der Waals surface area contributed by atoms with E-state index in [0.29, 0.717) is 11.5 Å². The fourth-order valence-electron chi connectivity index (χ4n) is 6.71. The monoisotopic (exact) mass is 797 g/mol. The summed E-state index contributed by atoms with van der Waals surface area (Å²) in [5, 5.41) is 7.42. The fraction of sp³-hybridized carbons (Fsp3) is 0.220. The molecule has 0 spiro atoms. The Kier molecular flexibility index (Phi) is 8.96. The van der Waals surface area contributed by atoms with Gasteiger partial charge in [-0.05, 0) is 110 Å². The van der Waals surface area contributed by atoms with Gasteiger partial charge in [0.1, 0.15) is 5.82 Å². The number of para-hydroxylation sites is 1. The Morgan fingerprint density at radius 3 is 2.19 bits per heavy atom. The van der Waals surface area contributed by atoms with E-state index in [2.05, 4.69) is 118 Å². The summed E-state index contributed by atoms with van der Waals surface area (Å²) in [6, 6.07) is 32.0. The van der Waals surface area contributed by atoms with Gasteiger partial charge in [0.25, 0.3) is 0 Å². The smallest absolute Gasteiger partial charge is 0.509 e. The van der Waals surface area contributed by atoms with Gasteiger partial charge in [-0.1, -0.05) is 43.6 Å². The fourth-order valence-corrected chi connectivity index (χ4v) is 6.71. The number of hydrogen-bond donors (Lipinski definition) is 0. The zero-order valence-corrected chi connectivity index (χ0v) is 30.2. The van der Waals surface area contributed by atoms with Crippen LogP contribution < -0.4 is 4.74 Å². The summed E-state index contributed by atoms with van der Waals surface area (Å²) in [5.74, 6) is 2.08. The number of fused-ring (bicyclic) bond motifs is 3. The van der Waals surface area contributed by atoms with Crippen LogP contribution in [-0.2, 0) is 33.9 Å². The van der Waals surface area contributed by atoms with Crippen molar-refractivity contribution in [2.75, 3.05) is 0 Å². The van der Waals surface area contributed by atoms with Crippen LogP contribution in [0.3, 0.4) is 0 Å². The van der Waals surface area contributed by atoms with Crippen LogP contribution >= 0.6 is 0 Å². The molecule has 0 saturated heterocycles. The van der Waals surface area contributed by atoms with E-state index < -0.39 is 0 Å². The van der Waals surface area contributed by atoms with E-state index in [1.807, 2.05) is 30.5 Å². The molecule has 5 nitrogen and oxygen atoms in total. The molecule has 0 saturated carbocycles. The molecule has 7 rings (SSSR count). The number of rotatable bonds is 7. The summed E-state index contributed by atoms with van der Waals surface area (Å²) >= 11 is 0. The Labute approximate surface area is 291 Å². The van der Waals surface area contributed by atoms with E-state index in [1.165, 1.54) is 39.1 Å². The van der Waals surface area contributed by atoms with Crippen molar-refractivity contribution >= 4 is 21.8 Å². The van der Waals surface area contributed by atoms with E-state index in [-0.39, 0.29) is 21.1 Å². The van der Waals surface area contributed by atoms with Crippen LogP contribution in [0, 0.1) is 46.8 Å². The number of ether oxygens (including phenoxy) is 1. The molecule has 3 aromatic heterocycles. The summed E-state index contributed by atoms with van der Waals surface area (Å²) in [7, 11) is 0. The number of nitrogens with zero attached hydrogens (tertiary/aromatic N) is 4. The Hall–Kier alpha value is -4.47. The van der Waals surface area contributed by atoms with Crippen molar-refractivity contribution in [3.63, 3.8) is 0 Å². The van der Waals surface area contributed by atoms with Gasteiger partial charge in [0.05, 0.1) is 5.69 Å². The molecule has 0 aliphatic rings. The number of hydrogen-bond acceptors (Lipinski definition) is 3. The van der Waals surface area contributed by atoms with Gasteiger partial charge in [-0.25, -0.2) is 4.98 Å². The van der Waals surface area contributed by atoms with Crippen molar-refractivity contribution in [1.82, 2.24) is 19.3 Å². The van der Waals surface area contributed by atoms with Crippen molar-refractivity contribution in [3.05, 3.63) is 130 Å². The first-order valence-electron chi connectivity index (χ1n) is 16.1. The van der Waals surface area contributed by atoms with Gasteiger partial charge < -0.3 is 9.30 Å². The van der Waals surface area contributed by atoms with Crippen molar-refractivity contribution in [2.24, 2.45) is 0 Å². The minimum atomic E-state index is 0. The molecule has 0 bridgehead atoms. The van der Waals surface area contributed by atoms with Crippen molar-refractivity contribution in [2.45, 2.75) is 61.3 Å².